The van der Waals surface area contributed by atoms with E-state index in [1.165, 1.54) is 28.1 Å². The molecule has 180 valence electrons. The van der Waals surface area contributed by atoms with Crippen LogP contribution in [0.2, 0.25) is 0 Å². The Morgan fingerprint density at radius 2 is 1.40 bits per heavy atom. The molecule has 0 radical (unpaired) electrons. The van der Waals surface area contributed by atoms with Gasteiger partial charge in [0.05, 0.1) is 12.3 Å². The lowest BCUT2D eigenvalue weighted by molar-refractivity contribution is 0.286. The van der Waals surface area contributed by atoms with E-state index in [-0.39, 0.29) is 6.61 Å². The number of benzene rings is 3. The van der Waals surface area contributed by atoms with Crippen LogP contribution in [0.4, 0.5) is 5.69 Å². The minimum Gasteiger partial charge on any atom is -0.489 e. The molecule has 0 atom stereocenters. The van der Waals surface area contributed by atoms with Crippen molar-refractivity contribution in [3.8, 4) is 22.8 Å². The molecule has 35 heavy (non-hydrogen) atoms. The van der Waals surface area contributed by atoms with E-state index in [1.54, 1.807) is 0 Å². The Balaban J connectivity index is 1.52. The molecule has 4 aromatic rings. The summed E-state index contributed by atoms with van der Waals surface area (Å²) in [5.41, 5.74) is 7.26. The lowest BCUT2D eigenvalue weighted by Crippen LogP contribution is -2.20. The molecule has 0 bridgehead atoms. The van der Waals surface area contributed by atoms with Crippen LogP contribution in [0.3, 0.4) is 0 Å². The molecule has 0 aliphatic carbocycles. The van der Waals surface area contributed by atoms with Crippen molar-refractivity contribution in [3.05, 3.63) is 102 Å². The Morgan fingerprint density at radius 3 is 2.00 bits per heavy atom. The quantitative estimate of drug-likeness (QED) is 0.325. The Labute approximate surface area is 207 Å². The zero-order chi connectivity index (χ0) is 24.0. The van der Waals surface area contributed by atoms with Crippen molar-refractivity contribution in [2.24, 2.45) is 0 Å². The molecule has 3 aromatic carbocycles. The van der Waals surface area contributed by atoms with Crippen LogP contribution in [0.15, 0.2) is 84.9 Å². The summed E-state index contributed by atoms with van der Waals surface area (Å²) in [4.78, 5) is 2.06. The maximum Gasteiger partial charge on any atom is 0.119 e. The van der Waals surface area contributed by atoms with Gasteiger partial charge in [0, 0.05) is 42.6 Å². The van der Waals surface area contributed by atoms with Gasteiger partial charge in [-0.1, -0.05) is 48.5 Å². The van der Waals surface area contributed by atoms with Crippen molar-refractivity contribution >= 4 is 5.69 Å². The number of likely N-dealkylation sites (N-methyl/N-ethyl adjacent to an activating group) is 1. The molecule has 5 nitrogen and oxygen atoms in total. The number of aliphatic hydroxyl groups is 1. The minimum atomic E-state index is 0.135. The van der Waals surface area contributed by atoms with Crippen LogP contribution < -0.4 is 14.4 Å². The smallest absolute Gasteiger partial charge is 0.119 e. The Kier molecular flexibility index (Phi) is 7.05. The highest BCUT2D eigenvalue weighted by atomic mass is 16.5. The third-order valence-corrected chi connectivity index (χ3v) is 6.66. The first kappa shape index (κ1) is 23.1. The molecule has 0 spiro atoms. The van der Waals surface area contributed by atoms with Gasteiger partial charge in [-0.2, -0.15) is 0 Å². The number of aromatic nitrogens is 1. The number of anilines is 1. The maximum absolute atomic E-state index is 9.29. The highest BCUT2D eigenvalue weighted by Crippen LogP contribution is 2.38. The van der Waals surface area contributed by atoms with Gasteiger partial charge in [-0.3, -0.25) is 0 Å². The fourth-order valence-corrected chi connectivity index (χ4v) is 4.87. The summed E-state index contributed by atoms with van der Waals surface area (Å²) in [6.45, 7) is 2.75. The van der Waals surface area contributed by atoms with Crippen LogP contribution in [0.1, 0.15) is 23.2 Å². The normalized spacial score (nSPS) is 12.4. The standard InChI is InChI=1S/C30H32N2O3/c1-31(19-20-33)24-16-14-23(15-17-24)30-28(22-35-26-11-6-3-7-12-26)27(29-13-8-18-32(29)30)21-34-25-9-4-2-5-10-25/h2-7,9-12,14-17,33H,8,13,18-22H2,1H3. The molecule has 2 heterocycles. The number of ether oxygens (including phenoxy) is 2. The number of hydrogen-bond donors (Lipinski definition) is 1. The zero-order valence-corrected chi connectivity index (χ0v) is 20.2. The second-order valence-electron chi connectivity index (χ2n) is 8.90. The molecule has 5 heteroatoms. The van der Waals surface area contributed by atoms with E-state index >= 15 is 0 Å². The molecule has 1 aliphatic heterocycles. The second kappa shape index (κ2) is 10.7. The third kappa shape index (κ3) is 5.05. The number of nitrogens with zero attached hydrogens (tertiary/aromatic N) is 2. The van der Waals surface area contributed by atoms with Gasteiger partial charge in [0.25, 0.3) is 0 Å². The summed E-state index contributed by atoms with van der Waals surface area (Å²) < 4.78 is 15.0. The average Bonchev–Trinajstić information content (AvgIpc) is 3.48. The summed E-state index contributed by atoms with van der Waals surface area (Å²) in [5.74, 6) is 1.74. The fraction of sp³-hybridized carbons (Fsp3) is 0.267. The maximum atomic E-state index is 9.29. The number of hydrogen-bond acceptors (Lipinski definition) is 4. The summed E-state index contributed by atoms with van der Waals surface area (Å²) >= 11 is 0. The summed E-state index contributed by atoms with van der Waals surface area (Å²) in [5, 5.41) is 9.29. The largest absolute Gasteiger partial charge is 0.489 e. The monoisotopic (exact) mass is 468 g/mol. The van der Waals surface area contributed by atoms with Gasteiger partial charge >= 0.3 is 0 Å². The number of rotatable bonds is 10. The van der Waals surface area contributed by atoms with E-state index in [4.69, 9.17) is 9.47 Å². The van der Waals surface area contributed by atoms with E-state index < -0.39 is 0 Å². The Morgan fingerprint density at radius 1 is 0.800 bits per heavy atom. The molecule has 5 rings (SSSR count). The predicted molar refractivity (Wildman–Crippen MR) is 140 cm³/mol. The third-order valence-electron chi connectivity index (χ3n) is 6.66. The van der Waals surface area contributed by atoms with Gasteiger partial charge in [-0.05, 0) is 54.8 Å². The highest BCUT2D eigenvalue weighted by molar-refractivity contribution is 5.70. The highest BCUT2D eigenvalue weighted by Gasteiger charge is 2.27. The van der Waals surface area contributed by atoms with E-state index in [0.29, 0.717) is 19.8 Å². The van der Waals surface area contributed by atoms with Gasteiger partial charge < -0.3 is 24.0 Å². The molecule has 1 N–H and O–H groups in total. The minimum absolute atomic E-state index is 0.135. The Bertz CT molecular complexity index is 1230. The lowest BCUT2D eigenvalue weighted by atomic mass is 10.0. The summed E-state index contributed by atoms with van der Waals surface area (Å²) in [6, 6.07) is 28.6. The number of aliphatic hydroxyl groups excluding tert-OH is 1. The topological polar surface area (TPSA) is 46.9 Å². The summed E-state index contributed by atoms with van der Waals surface area (Å²) in [7, 11) is 2.00. The van der Waals surface area contributed by atoms with Gasteiger partial charge in [-0.15, -0.1) is 0 Å². The lowest BCUT2D eigenvalue weighted by Gasteiger charge is -2.19. The van der Waals surface area contributed by atoms with Crippen molar-refractivity contribution in [1.29, 1.82) is 0 Å². The fourth-order valence-electron chi connectivity index (χ4n) is 4.87. The van der Waals surface area contributed by atoms with Crippen molar-refractivity contribution in [2.75, 3.05) is 25.1 Å². The Hall–Kier alpha value is -3.70. The van der Waals surface area contributed by atoms with Gasteiger partial charge in [0.15, 0.2) is 0 Å². The van der Waals surface area contributed by atoms with Gasteiger partial charge in [-0.25, -0.2) is 0 Å². The molecule has 1 aromatic heterocycles. The van der Waals surface area contributed by atoms with Crippen molar-refractivity contribution in [1.82, 2.24) is 4.57 Å². The first-order valence-corrected chi connectivity index (χ1v) is 12.3. The van der Waals surface area contributed by atoms with Crippen LogP contribution in [-0.2, 0) is 26.2 Å². The first-order valence-electron chi connectivity index (χ1n) is 12.3. The van der Waals surface area contributed by atoms with Crippen LogP contribution in [0.5, 0.6) is 11.5 Å². The van der Waals surface area contributed by atoms with E-state index in [9.17, 15) is 5.11 Å². The SMILES string of the molecule is CN(CCO)c1ccc(-c2c(COc3ccccc3)c(COc3ccccc3)c3n2CCC3)cc1. The van der Waals surface area contributed by atoms with Crippen LogP contribution in [-0.4, -0.2) is 29.9 Å². The van der Waals surface area contributed by atoms with E-state index in [0.717, 1.165) is 36.6 Å². The van der Waals surface area contributed by atoms with Crippen LogP contribution in [0.25, 0.3) is 11.3 Å². The molecular formula is C30H32N2O3. The van der Waals surface area contributed by atoms with Crippen molar-refractivity contribution < 1.29 is 14.6 Å². The average molecular weight is 469 g/mol. The second-order valence-corrected chi connectivity index (χ2v) is 8.90. The molecule has 0 amide bonds. The molecule has 0 fully saturated rings. The van der Waals surface area contributed by atoms with Crippen molar-refractivity contribution in [3.63, 3.8) is 0 Å². The molecule has 1 aliphatic rings. The van der Waals surface area contributed by atoms with Crippen molar-refractivity contribution in [2.45, 2.75) is 32.6 Å². The number of para-hydroxylation sites is 2. The van der Waals surface area contributed by atoms with Crippen LogP contribution in [0, 0.1) is 0 Å². The van der Waals surface area contributed by atoms with Gasteiger partial charge in [0.2, 0.25) is 0 Å². The molecule has 0 saturated heterocycles. The number of fused-ring (bicyclic) bond motifs is 1. The predicted octanol–water partition coefficient (Wildman–Crippen LogP) is 5.69. The summed E-state index contributed by atoms with van der Waals surface area (Å²) in [6.07, 6.45) is 2.18. The molecule has 0 unspecified atom stereocenters. The molecular weight excluding hydrogens is 436 g/mol. The van der Waals surface area contributed by atoms with E-state index in [2.05, 4.69) is 33.7 Å². The zero-order valence-electron chi connectivity index (χ0n) is 20.2. The van der Waals surface area contributed by atoms with E-state index in [1.807, 2.05) is 67.7 Å². The van der Waals surface area contributed by atoms with Gasteiger partial charge in [0.1, 0.15) is 24.7 Å². The molecule has 0 saturated carbocycles. The van der Waals surface area contributed by atoms with Crippen LogP contribution >= 0.6 is 0 Å². The first-order chi connectivity index (χ1) is 17.2.